The second-order valence-electron chi connectivity index (χ2n) is 2.24. The molecule has 3 N–H and O–H groups in total. The van der Waals surface area contributed by atoms with Crippen molar-refractivity contribution >= 4 is 22.1 Å². The zero-order valence-electron chi connectivity index (χ0n) is 5.77. The highest BCUT2D eigenvalue weighted by Crippen LogP contribution is 2.01. The van der Waals surface area contributed by atoms with E-state index in [1.165, 1.54) is 0 Å². The number of aliphatic carboxylic acids is 1. The van der Waals surface area contributed by atoms with Crippen LogP contribution in [0.3, 0.4) is 0 Å². The largest absolute Gasteiger partial charge is 0.481 e. The van der Waals surface area contributed by atoms with Crippen molar-refractivity contribution in [3.05, 3.63) is 0 Å². The Labute approximate surface area is 67.9 Å². The number of carboxylic acid groups (broad SMARTS) is 1. The van der Waals surface area contributed by atoms with E-state index in [1.54, 1.807) is 4.72 Å². The summed E-state index contributed by atoms with van der Waals surface area (Å²) in [5, 5.41) is 8.25. The normalized spacial score (nSPS) is 26.7. The number of carbonyl (C=O) groups excluding carboxylic acids is 1. The molecule has 0 aromatic heterocycles. The summed E-state index contributed by atoms with van der Waals surface area (Å²) in [4.78, 5) is 20.8. The average Bonchev–Trinajstić information content (AvgIpc) is 2.03. The minimum Gasteiger partial charge on any atom is -0.481 e. The van der Waals surface area contributed by atoms with Crippen LogP contribution in [0.15, 0.2) is 0 Å². The van der Waals surface area contributed by atoms with Gasteiger partial charge in [-0.25, -0.2) is 4.72 Å². The minimum atomic E-state index is -3.80. The Bertz CT molecular complexity index is 320. The number of rotatable bonds is 2. The molecular weight excluding hydrogens is 188 g/mol. The zero-order chi connectivity index (χ0) is 9.35. The molecular formula is C4H6N2O5S. The summed E-state index contributed by atoms with van der Waals surface area (Å²) in [6, 6.07) is -1.19. The molecule has 1 amide bonds. The van der Waals surface area contributed by atoms with Gasteiger partial charge in [-0.1, -0.05) is 0 Å². The van der Waals surface area contributed by atoms with Gasteiger partial charge in [-0.3, -0.25) is 9.59 Å². The summed E-state index contributed by atoms with van der Waals surface area (Å²) in [7, 11) is -3.80. The Morgan fingerprint density at radius 2 is 2.17 bits per heavy atom. The Balaban J connectivity index is 2.71. The van der Waals surface area contributed by atoms with Crippen molar-refractivity contribution in [3.8, 4) is 0 Å². The fraction of sp³-hybridized carbons (Fsp3) is 0.500. The number of hydrogen-bond acceptors (Lipinski definition) is 4. The monoisotopic (exact) mass is 194 g/mol. The maximum atomic E-state index is 10.7. The highest BCUT2D eigenvalue weighted by atomic mass is 32.2. The maximum Gasteiger partial charge on any atom is 0.305 e. The molecule has 0 aromatic rings. The Morgan fingerprint density at radius 3 is 2.50 bits per heavy atom. The quantitative estimate of drug-likeness (QED) is 0.461. The summed E-state index contributed by atoms with van der Waals surface area (Å²) < 4.78 is 24.6. The van der Waals surface area contributed by atoms with E-state index < -0.39 is 34.5 Å². The molecule has 0 unspecified atom stereocenters. The molecule has 0 spiro atoms. The molecule has 1 fully saturated rings. The first-order valence-corrected chi connectivity index (χ1v) is 4.45. The first kappa shape index (κ1) is 8.94. The molecule has 7 nitrogen and oxygen atoms in total. The van der Waals surface area contributed by atoms with E-state index >= 15 is 0 Å². The average molecular weight is 194 g/mol. The first-order valence-electron chi connectivity index (χ1n) is 2.96. The fourth-order valence-corrected chi connectivity index (χ4v) is 1.81. The van der Waals surface area contributed by atoms with Crippen LogP contribution < -0.4 is 9.44 Å². The molecule has 68 valence electrons. The molecule has 0 radical (unpaired) electrons. The summed E-state index contributed by atoms with van der Waals surface area (Å²) in [6.45, 7) is 0. The predicted molar refractivity (Wildman–Crippen MR) is 36.2 cm³/mol. The van der Waals surface area contributed by atoms with Crippen LogP contribution in [0.4, 0.5) is 0 Å². The van der Waals surface area contributed by atoms with Gasteiger partial charge >= 0.3 is 16.2 Å². The highest BCUT2D eigenvalue weighted by molar-refractivity contribution is 7.88. The van der Waals surface area contributed by atoms with Crippen LogP contribution in [0.5, 0.6) is 0 Å². The molecule has 1 rings (SSSR count). The van der Waals surface area contributed by atoms with Crippen LogP contribution in [-0.4, -0.2) is 31.4 Å². The van der Waals surface area contributed by atoms with Crippen LogP contribution in [0.2, 0.25) is 0 Å². The van der Waals surface area contributed by atoms with Crippen LogP contribution in [0, 0.1) is 0 Å². The number of carboxylic acids is 1. The van der Waals surface area contributed by atoms with E-state index in [2.05, 4.69) is 0 Å². The van der Waals surface area contributed by atoms with Crippen molar-refractivity contribution in [2.75, 3.05) is 0 Å². The van der Waals surface area contributed by atoms with E-state index in [4.69, 9.17) is 5.11 Å². The molecule has 1 saturated heterocycles. The smallest absolute Gasteiger partial charge is 0.305 e. The molecule has 0 bridgehead atoms. The summed E-state index contributed by atoms with van der Waals surface area (Å²) in [5.41, 5.74) is 0. The predicted octanol–water partition coefficient (Wildman–Crippen LogP) is -2.21. The van der Waals surface area contributed by atoms with E-state index in [1.807, 2.05) is 4.72 Å². The van der Waals surface area contributed by atoms with Gasteiger partial charge in [0.25, 0.3) is 5.91 Å². The van der Waals surface area contributed by atoms with Crippen molar-refractivity contribution in [1.29, 1.82) is 0 Å². The van der Waals surface area contributed by atoms with Crippen molar-refractivity contribution in [3.63, 3.8) is 0 Å². The SMILES string of the molecule is O=C(O)C[C@@H]1NS(=O)(=O)NC1=O. The van der Waals surface area contributed by atoms with Crippen LogP contribution in [-0.2, 0) is 19.8 Å². The Kier molecular flexibility index (Phi) is 2.02. The third kappa shape index (κ3) is 1.92. The van der Waals surface area contributed by atoms with Crippen molar-refractivity contribution in [2.24, 2.45) is 0 Å². The van der Waals surface area contributed by atoms with Crippen molar-refractivity contribution in [1.82, 2.24) is 9.44 Å². The lowest BCUT2D eigenvalue weighted by Crippen LogP contribution is -2.31. The van der Waals surface area contributed by atoms with Crippen LogP contribution in [0.25, 0.3) is 0 Å². The van der Waals surface area contributed by atoms with Gasteiger partial charge < -0.3 is 5.11 Å². The van der Waals surface area contributed by atoms with Crippen molar-refractivity contribution in [2.45, 2.75) is 12.5 Å². The zero-order valence-corrected chi connectivity index (χ0v) is 6.59. The van der Waals surface area contributed by atoms with E-state index in [9.17, 15) is 18.0 Å². The lowest BCUT2D eigenvalue weighted by molar-refractivity contribution is -0.139. The van der Waals surface area contributed by atoms with E-state index in [-0.39, 0.29) is 0 Å². The van der Waals surface area contributed by atoms with Gasteiger partial charge in [-0.15, -0.1) is 0 Å². The third-order valence-corrected chi connectivity index (χ3v) is 2.29. The van der Waals surface area contributed by atoms with Crippen LogP contribution in [0.1, 0.15) is 6.42 Å². The Morgan fingerprint density at radius 1 is 1.58 bits per heavy atom. The molecule has 12 heavy (non-hydrogen) atoms. The number of hydrogen-bond donors (Lipinski definition) is 3. The molecule has 1 aliphatic rings. The lowest BCUT2D eigenvalue weighted by Gasteiger charge is -1.98. The molecule has 1 aliphatic heterocycles. The van der Waals surface area contributed by atoms with Crippen molar-refractivity contribution < 1.29 is 23.1 Å². The number of carbonyl (C=O) groups is 2. The summed E-state index contributed by atoms with van der Waals surface area (Å²) in [5.74, 6) is -2.07. The second-order valence-corrected chi connectivity index (χ2v) is 3.68. The maximum absolute atomic E-state index is 10.7. The van der Waals surface area contributed by atoms with Gasteiger partial charge in [-0.05, 0) is 0 Å². The number of nitrogens with one attached hydrogen (secondary N) is 2. The van der Waals surface area contributed by atoms with Gasteiger partial charge in [0.1, 0.15) is 6.04 Å². The van der Waals surface area contributed by atoms with Gasteiger partial charge in [0.15, 0.2) is 0 Å². The lowest BCUT2D eigenvalue weighted by atomic mass is 10.2. The van der Waals surface area contributed by atoms with Crippen LogP contribution >= 0.6 is 0 Å². The molecule has 0 aromatic carbocycles. The third-order valence-electron chi connectivity index (χ3n) is 1.23. The van der Waals surface area contributed by atoms with Gasteiger partial charge in [0.05, 0.1) is 6.42 Å². The van der Waals surface area contributed by atoms with E-state index in [0.717, 1.165) is 0 Å². The molecule has 1 atom stereocenters. The highest BCUT2D eigenvalue weighted by Gasteiger charge is 2.35. The summed E-state index contributed by atoms with van der Waals surface area (Å²) in [6.07, 6.45) is -0.551. The molecule has 8 heteroatoms. The molecule has 0 saturated carbocycles. The van der Waals surface area contributed by atoms with Gasteiger partial charge in [0, 0.05) is 0 Å². The van der Waals surface area contributed by atoms with Gasteiger partial charge in [-0.2, -0.15) is 13.1 Å². The molecule has 1 heterocycles. The van der Waals surface area contributed by atoms with Gasteiger partial charge in [0.2, 0.25) is 0 Å². The standard InChI is InChI=1S/C4H6N2O5S/c7-3(8)1-2-4(9)6-12(10,11)5-2/h2,5H,1H2,(H,6,9)(H,7,8)/t2-/m0/s1. The summed E-state index contributed by atoms with van der Waals surface area (Å²) >= 11 is 0. The fourth-order valence-electron chi connectivity index (χ4n) is 0.783. The van der Waals surface area contributed by atoms with E-state index in [0.29, 0.717) is 0 Å². The second kappa shape index (κ2) is 2.72. The minimum absolute atomic E-state index is 0.551. The number of amides is 1. The Hall–Kier alpha value is -1.15. The topological polar surface area (TPSA) is 113 Å². The molecule has 0 aliphatic carbocycles. The first-order chi connectivity index (χ1) is 5.41.